The number of methoxy groups -OCH3 is 1. The van der Waals surface area contributed by atoms with Gasteiger partial charge in [0.25, 0.3) is 5.91 Å². The van der Waals surface area contributed by atoms with E-state index in [9.17, 15) is 29.7 Å². The van der Waals surface area contributed by atoms with Crippen molar-refractivity contribution in [2.24, 2.45) is 17.8 Å². The van der Waals surface area contributed by atoms with Crippen LogP contribution in [0.25, 0.3) is 0 Å². The van der Waals surface area contributed by atoms with Crippen LogP contribution in [0.3, 0.4) is 0 Å². The maximum atomic E-state index is 13.0. The van der Waals surface area contributed by atoms with Crippen LogP contribution >= 0.6 is 0 Å². The number of hydrogen-bond acceptors (Lipinski definition) is 8. The predicted octanol–water partition coefficient (Wildman–Crippen LogP) is 3.36. The van der Waals surface area contributed by atoms with Crippen LogP contribution in [0.2, 0.25) is 0 Å². The maximum absolute atomic E-state index is 13.0. The Labute approximate surface area is 253 Å². The highest BCUT2D eigenvalue weighted by molar-refractivity contribution is 5.90. The second-order valence-corrected chi connectivity index (χ2v) is 12.5. The predicted molar refractivity (Wildman–Crippen MR) is 162 cm³/mol. The Morgan fingerprint density at radius 1 is 0.929 bits per heavy atom. The molecule has 1 aliphatic rings. The van der Waals surface area contributed by atoms with Crippen LogP contribution < -0.4 is 5.32 Å². The summed E-state index contributed by atoms with van der Waals surface area (Å²) in [5.41, 5.74) is 0. The smallest absolute Gasteiger partial charge is 0.310 e. The number of nitrogens with zero attached hydrogens (tertiary/aromatic N) is 1. The number of carbonyl (C=O) groups is 3. The number of allylic oxidation sites excluding steroid dienone is 1. The van der Waals surface area contributed by atoms with Crippen LogP contribution in [-0.4, -0.2) is 95.8 Å². The highest BCUT2D eigenvalue weighted by Gasteiger charge is 2.39. The van der Waals surface area contributed by atoms with E-state index < -0.39 is 42.3 Å². The lowest BCUT2D eigenvalue weighted by molar-refractivity contribution is -0.152. The van der Waals surface area contributed by atoms with Gasteiger partial charge < -0.3 is 35.0 Å². The molecule has 10 nitrogen and oxygen atoms in total. The lowest BCUT2D eigenvalue weighted by atomic mass is 9.99. The number of aliphatic hydroxyl groups excluding tert-OH is 3. The molecule has 1 heterocycles. The summed E-state index contributed by atoms with van der Waals surface area (Å²) in [6, 6.07) is -0.932. The number of amides is 2. The topological polar surface area (TPSA) is 146 Å². The van der Waals surface area contributed by atoms with E-state index in [1.54, 1.807) is 13.1 Å². The van der Waals surface area contributed by atoms with Crippen LogP contribution in [0.4, 0.5) is 0 Å². The second-order valence-electron chi connectivity index (χ2n) is 12.5. The van der Waals surface area contributed by atoms with Gasteiger partial charge in [-0.3, -0.25) is 14.4 Å². The fourth-order valence-electron chi connectivity index (χ4n) is 5.09. The van der Waals surface area contributed by atoms with Gasteiger partial charge in [-0.15, -0.1) is 0 Å². The van der Waals surface area contributed by atoms with E-state index >= 15 is 0 Å². The summed E-state index contributed by atoms with van der Waals surface area (Å²) in [7, 11) is 2.76. The molecule has 0 aromatic heterocycles. The molecule has 1 fully saturated rings. The molecule has 0 aliphatic carbocycles. The fraction of sp³-hybridized carbons (Fsp3) is 0.844. The zero-order valence-corrected chi connectivity index (χ0v) is 26.8. The molecule has 4 N–H and O–H groups in total. The van der Waals surface area contributed by atoms with Crippen LogP contribution in [0, 0.1) is 17.8 Å². The number of nitrogens with one attached hydrogen (secondary N) is 1. The van der Waals surface area contributed by atoms with Crippen molar-refractivity contribution in [2.45, 2.75) is 129 Å². The van der Waals surface area contributed by atoms with Crippen LogP contribution in [0.1, 0.15) is 98.3 Å². The monoisotopic (exact) mass is 598 g/mol. The Morgan fingerprint density at radius 3 is 2.10 bits per heavy atom. The van der Waals surface area contributed by atoms with Crippen LogP contribution in [0.15, 0.2) is 12.2 Å². The Morgan fingerprint density at radius 2 is 1.52 bits per heavy atom. The third-order valence-electron chi connectivity index (χ3n) is 7.76. The minimum atomic E-state index is -1.74. The number of rotatable bonds is 20. The summed E-state index contributed by atoms with van der Waals surface area (Å²) in [6.45, 7) is 8.85. The van der Waals surface area contributed by atoms with Crippen molar-refractivity contribution in [1.82, 2.24) is 10.2 Å². The van der Waals surface area contributed by atoms with E-state index in [0.717, 1.165) is 25.2 Å². The number of ether oxygens (including phenoxy) is 2. The van der Waals surface area contributed by atoms with Gasteiger partial charge in [-0.05, 0) is 31.1 Å². The quantitative estimate of drug-likeness (QED) is 0.0948. The molecule has 0 aromatic carbocycles. The van der Waals surface area contributed by atoms with Gasteiger partial charge in [-0.2, -0.15) is 0 Å². The van der Waals surface area contributed by atoms with E-state index in [1.807, 2.05) is 13.8 Å². The molecule has 0 saturated carbocycles. The molecule has 1 rings (SSSR count). The highest BCUT2D eigenvalue weighted by Crippen LogP contribution is 2.20. The van der Waals surface area contributed by atoms with Gasteiger partial charge in [0, 0.05) is 20.7 Å². The van der Waals surface area contributed by atoms with Crippen molar-refractivity contribution in [3.05, 3.63) is 12.2 Å². The van der Waals surface area contributed by atoms with E-state index in [4.69, 9.17) is 9.47 Å². The Hall–Kier alpha value is -2.01. The van der Waals surface area contributed by atoms with E-state index in [1.165, 1.54) is 56.6 Å². The molecule has 6 atom stereocenters. The summed E-state index contributed by atoms with van der Waals surface area (Å²) in [5, 5.41) is 33.6. The van der Waals surface area contributed by atoms with Crippen molar-refractivity contribution >= 4 is 17.8 Å². The van der Waals surface area contributed by atoms with Gasteiger partial charge in [0.15, 0.2) is 6.10 Å². The van der Waals surface area contributed by atoms with Crippen molar-refractivity contribution in [3.63, 3.8) is 0 Å². The summed E-state index contributed by atoms with van der Waals surface area (Å²) in [5.74, 6) is -1.11. The van der Waals surface area contributed by atoms with Crippen molar-refractivity contribution in [3.8, 4) is 0 Å². The molecule has 1 saturated heterocycles. The summed E-state index contributed by atoms with van der Waals surface area (Å²) < 4.78 is 10.6. The lowest BCUT2D eigenvalue weighted by Gasteiger charge is -2.28. The number of unbranched alkanes of at least 4 members (excludes halogenated alkanes) is 7. The number of carbonyl (C=O) groups excluding carboxylic acids is 3. The molecule has 10 heteroatoms. The summed E-state index contributed by atoms with van der Waals surface area (Å²) in [4.78, 5) is 40.0. The third kappa shape index (κ3) is 14.4. The van der Waals surface area contributed by atoms with E-state index in [2.05, 4.69) is 19.2 Å². The first-order chi connectivity index (χ1) is 19.9. The van der Waals surface area contributed by atoms with Gasteiger partial charge in [0.05, 0.1) is 12.5 Å². The fourth-order valence-corrected chi connectivity index (χ4v) is 5.09. The zero-order chi connectivity index (χ0) is 31.7. The van der Waals surface area contributed by atoms with Gasteiger partial charge in [0.2, 0.25) is 5.91 Å². The molecular weight excluding hydrogens is 540 g/mol. The molecule has 0 radical (unpaired) electrons. The molecule has 2 unspecified atom stereocenters. The largest absolute Gasteiger partial charge is 0.465 e. The molecule has 0 aromatic rings. The Bertz CT molecular complexity index is 818. The lowest BCUT2D eigenvalue weighted by Crippen LogP contribution is -2.55. The Balaban J connectivity index is 2.49. The van der Waals surface area contributed by atoms with E-state index in [0.29, 0.717) is 13.0 Å². The number of aliphatic hydroxyl groups is 3. The van der Waals surface area contributed by atoms with Crippen molar-refractivity contribution in [2.75, 3.05) is 27.3 Å². The molecule has 244 valence electrons. The SMILES string of the molecule is CO[C@@H](C(=O)NC1CCC(C(=O)OCCCCCCCCCCC(C)C)CN(C)C1=O)[C@H](O)[C@@H](O)[C@H](O)/C=C/C(C)C. The maximum Gasteiger partial charge on any atom is 0.310 e. The van der Waals surface area contributed by atoms with Gasteiger partial charge >= 0.3 is 5.97 Å². The van der Waals surface area contributed by atoms with Gasteiger partial charge in [-0.1, -0.05) is 91.2 Å². The molecule has 2 amide bonds. The Kier molecular flexibility index (Phi) is 18.8. The van der Waals surface area contributed by atoms with Crippen LogP contribution in [0.5, 0.6) is 0 Å². The van der Waals surface area contributed by atoms with E-state index in [-0.39, 0.29) is 30.8 Å². The second kappa shape index (κ2) is 20.8. The molecule has 1 aliphatic heterocycles. The molecule has 0 bridgehead atoms. The third-order valence-corrected chi connectivity index (χ3v) is 7.76. The number of likely N-dealkylation sites (N-methyl/N-ethyl adjacent to an activating group) is 1. The van der Waals surface area contributed by atoms with Gasteiger partial charge in [0.1, 0.15) is 24.4 Å². The molecule has 42 heavy (non-hydrogen) atoms. The molecular formula is C32H58N2O8. The number of hydrogen-bond donors (Lipinski definition) is 4. The van der Waals surface area contributed by atoms with Crippen LogP contribution in [-0.2, 0) is 23.9 Å². The summed E-state index contributed by atoms with van der Waals surface area (Å²) in [6.07, 6.45) is 7.84. The zero-order valence-electron chi connectivity index (χ0n) is 26.8. The summed E-state index contributed by atoms with van der Waals surface area (Å²) >= 11 is 0. The first-order valence-corrected chi connectivity index (χ1v) is 15.9. The minimum absolute atomic E-state index is 0.119. The first-order valence-electron chi connectivity index (χ1n) is 15.9. The number of likely N-dealkylation sites (tertiary alicyclic amines) is 1. The number of esters is 1. The average Bonchev–Trinajstić information content (AvgIpc) is 3.07. The molecule has 0 spiro atoms. The van der Waals surface area contributed by atoms with Crippen molar-refractivity contribution < 1.29 is 39.2 Å². The standard InChI is InChI=1S/C32H58N2O8/c1-22(2)15-13-11-9-7-8-10-12-14-20-42-32(40)24-17-18-25(31(39)34(5)21-24)33-30(38)29(41-6)28(37)27(36)26(35)19-16-23(3)4/h16,19,22-29,35-37H,7-15,17-18,20-21H2,1-6H3,(H,33,38)/b19-16+/t24?,25?,26-,27+,28-,29-/m1/s1. The van der Waals surface area contributed by atoms with Crippen molar-refractivity contribution in [1.29, 1.82) is 0 Å². The minimum Gasteiger partial charge on any atom is -0.465 e. The normalized spacial score (nSPS) is 20.9. The average molecular weight is 599 g/mol. The highest BCUT2D eigenvalue weighted by atomic mass is 16.5. The first kappa shape index (κ1) is 38.0. The van der Waals surface area contributed by atoms with Gasteiger partial charge in [-0.25, -0.2) is 0 Å².